The number of nitrogens with zero attached hydrogens (tertiary/aromatic N) is 1. The van der Waals surface area contributed by atoms with Crippen molar-refractivity contribution >= 4 is 16.1 Å². The van der Waals surface area contributed by atoms with Crippen LogP contribution < -0.4 is 19.0 Å². The van der Waals surface area contributed by atoms with Crippen molar-refractivity contribution in [1.82, 2.24) is 10.2 Å². The molecule has 0 spiro atoms. The van der Waals surface area contributed by atoms with Crippen LogP contribution in [0.15, 0.2) is 47.4 Å². The van der Waals surface area contributed by atoms with Crippen LogP contribution in [-0.4, -0.2) is 58.9 Å². The molecule has 186 valence electrons. The summed E-state index contributed by atoms with van der Waals surface area (Å²) < 4.78 is 47.2. The second-order valence-corrected chi connectivity index (χ2v) is 9.86. The third-order valence-electron chi connectivity index (χ3n) is 5.30. The van der Waals surface area contributed by atoms with Gasteiger partial charge in [0.05, 0.1) is 20.3 Å². The third kappa shape index (κ3) is 6.77. The van der Waals surface area contributed by atoms with Crippen LogP contribution in [-0.2, 0) is 21.4 Å². The second kappa shape index (κ2) is 11.4. The Bertz CT molecular complexity index is 1070. The summed E-state index contributed by atoms with van der Waals surface area (Å²) in [7, 11) is -1.18. The van der Waals surface area contributed by atoms with Crippen LogP contribution in [0.1, 0.15) is 32.3 Å². The predicted molar refractivity (Wildman–Crippen MR) is 127 cm³/mol. The molecule has 1 fully saturated rings. The maximum absolute atomic E-state index is 12.9. The van der Waals surface area contributed by atoms with Crippen LogP contribution >= 0.6 is 0 Å². The third-order valence-corrected chi connectivity index (χ3v) is 6.54. The lowest BCUT2D eigenvalue weighted by Gasteiger charge is -2.27. The molecule has 1 atom stereocenters. The van der Waals surface area contributed by atoms with Gasteiger partial charge in [-0.15, -0.1) is 0 Å². The summed E-state index contributed by atoms with van der Waals surface area (Å²) in [6.07, 6.45) is 1.83. The molecule has 1 saturated heterocycles. The lowest BCUT2D eigenvalue weighted by atomic mass is 10.1. The van der Waals surface area contributed by atoms with Crippen LogP contribution in [0.3, 0.4) is 0 Å². The number of nitrogens with one attached hydrogen (secondary N) is 1. The first kappa shape index (κ1) is 25.6. The van der Waals surface area contributed by atoms with Crippen molar-refractivity contribution in [3.8, 4) is 17.2 Å². The number of methoxy groups -OCH3 is 2. The zero-order chi connectivity index (χ0) is 24.7. The Hall–Kier alpha value is -2.98. The van der Waals surface area contributed by atoms with Crippen LogP contribution in [0, 0.1) is 0 Å². The standard InChI is InChI=1S/C24H32N2O7S/c1-17(2)25-24(27)26(16-20-6-5-13-32-20)15-18-7-12-22(31-4)23(14-18)33-34(28,29)21-10-8-19(30-3)9-11-21/h7-12,14,17,20H,5-6,13,15-16H2,1-4H3,(H,25,27)/t20-/m0/s1. The van der Waals surface area contributed by atoms with Gasteiger partial charge >= 0.3 is 16.1 Å². The Balaban J connectivity index is 1.83. The highest BCUT2D eigenvalue weighted by molar-refractivity contribution is 7.87. The molecule has 2 aromatic rings. The summed E-state index contributed by atoms with van der Waals surface area (Å²) in [5.41, 5.74) is 0.692. The van der Waals surface area contributed by atoms with Gasteiger partial charge in [0.25, 0.3) is 0 Å². The number of rotatable bonds is 10. The van der Waals surface area contributed by atoms with Crippen molar-refractivity contribution in [2.24, 2.45) is 0 Å². The van der Waals surface area contributed by atoms with Gasteiger partial charge in [-0.25, -0.2) is 4.79 Å². The molecular weight excluding hydrogens is 460 g/mol. The summed E-state index contributed by atoms with van der Waals surface area (Å²) in [4.78, 5) is 14.5. The first-order valence-electron chi connectivity index (χ1n) is 11.1. The molecule has 1 aliphatic rings. The van der Waals surface area contributed by atoms with E-state index in [1.165, 1.54) is 26.4 Å². The molecule has 3 rings (SSSR count). The zero-order valence-corrected chi connectivity index (χ0v) is 20.8. The average molecular weight is 493 g/mol. The summed E-state index contributed by atoms with van der Waals surface area (Å²) in [5, 5.41) is 2.91. The Morgan fingerprint density at radius 2 is 1.85 bits per heavy atom. The highest BCUT2D eigenvalue weighted by atomic mass is 32.2. The zero-order valence-electron chi connectivity index (χ0n) is 19.9. The molecule has 1 heterocycles. The fourth-order valence-electron chi connectivity index (χ4n) is 3.61. The van der Waals surface area contributed by atoms with E-state index in [2.05, 4.69) is 5.32 Å². The van der Waals surface area contributed by atoms with Gasteiger partial charge < -0.3 is 28.6 Å². The van der Waals surface area contributed by atoms with Gasteiger partial charge in [0.15, 0.2) is 11.5 Å². The van der Waals surface area contributed by atoms with E-state index in [0.29, 0.717) is 24.5 Å². The van der Waals surface area contributed by atoms with E-state index < -0.39 is 10.1 Å². The largest absolute Gasteiger partial charge is 0.497 e. The molecule has 10 heteroatoms. The van der Waals surface area contributed by atoms with E-state index in [1.807, 2.05) is 13.8 Å². The maximum atomic E-state index is 12.9. The topological polar surface area (TPSA) is 103 Å². The summed E-state index contributed by atoms with van der Waals surface area (Å²) in [6, 6.07) is 10.6. The van der Waals surface area contributed by atoms with Gasteiger partial charge in [-0.3, -0.25) is 0 Å². The number of hydrogen-bond acceptors (Lipinski definition) is 7. The summed E-state index contributed by atoms with van der Waals surface area (Å²) in [6.45, 7) is 5.16. The SMILES string of the molecule is COc1ccc(S(=O)(=O)Oc2cc(CN(C[C@@H]3CCCO3)C(=O)NC(C)C)ccc2OC)cc1. The van der Waals surface area contributed by atoms with Gasteiger partial charge in [-0.1, -0.05) is 6.07 Å². The number of urea groups is 1. The molecule has 34 heavy (non-hydrogen) atoms. The number of hydrogen-bond donors (Lipinski definition) is 1. The highest BCUT2D eigenvalue weighted by Crippen LogP contribution is 2.32. The van der Waals surface area contributed by atoms with Crippen molar-refractivity contribution < 1.29 is 31.6 Å². The van der Waals surface area contributed by atoms with E-state index in [1.54, 1.807) is 35.2 Å². The molecule has 0 radical (unpaired) electrons. The van der Waals surface area contributed by atoms with Crippen molar-refractivity contribution in [2.75, 3.05) is 27.4 Å². The van der Waals surface area contributed by atoms with E-state index in [-0.39, 0.29) is 41.1 Å². The average Bonchev–Trinajstić information content (AvgIpc) is 3.31. The number of benzene rings is 2. The minimum absolute atomic E-state index is 0.0166. The fourth-order valence-corrected chi connectivity index (χ4v) is 4.54. The second-order valence-electron chi connectivity index (χ2n) is 8.32. The van der Waals surface area contributed by atoms with Crippen molar-refractivity contribution in [3.63, 3.8) is 0 Å². The molecule has 0 aromatic heterocycles. The fraction of sp³-hybridized carbons (Fsp3) is 0.458. The van der Waals surface area contributed by atoms with E-state index in [4.69, 9.17) is 18.4 Å². The Kier molecular flexibility index (Phi) is 8.62. The molecular formula is C24H32N2O7S. The van der Waals surface area contributed by atoms with E-state index in [0.717, 1.165) is 12.8 Å². The molecule has 2 aromatic carbocycles. The molecule has 0 unspecified atom stereocenters. The summed E-state index contributed by atoms with van der Waals surface area (Å²) >= 11 is 0. The molecule has 1 aliphatic heterocycles. The Morgan fingerprint density at radius 1 is 1.12 bits per heavy atom. The monoisotopic (exact) mass is 492 g/mol. The first-order chi connectivity index (χ1) is 16.2. The van der Waals surface area contributed by atoms with E-state index in [9.17, 15) is 13.2 Å². The number of carbonyl (C=O) groups is 1. The van der Waals surface area contributed by atoms with Gasteiger partial charge in [0.2, 0.25) is 0 Å². The Labute approximate surface area is 201 Å². The Morgan fingerprint density at radius 3 is 2.44 bits per heavy atom. The number of carbonyl (C=O) groups excluding carboxylic acids is 1. The molecule has 0 aliphatic carbocycles. The van der Waals surface area contributed by atoms with Crippen LogP contribution in [0.2, 0.25) is 0 Å². The minimum Gasteiger partial charge on any atom is -0.497 e. The van der Waals surface area contributed by atoms with Crippen molar-refractivity contribution in [3.05, 3.63) is 48.0 Å². The van der Waals surface area contributed by atoms with Gasteiger partial charge in [0, 0.05) is 25.7 Å². The molecule has 0 saturated carbocycles. The van der Waals surface area contributed by atoms with Crippen LogP contribution in [0.4, 0.5) is 4.79 Å². The molecule has 2 amide bonds. The highest BCUT2D eigenvalue weighted by Gasteiger charge is 2.24. The van der Waals surface area contributed by atoms with Crippen LogP contribution in [0.5, 0.6) is 17.2 Å². The lowest BCUT2D eigenvalue weighted by molar-refractivity contribution is 0.0791. The van der Waals surface area contributed by atoms with Crippen molar-refractivity contribution in [1.29, 1.82) is 0 Å². The maximum Gasteiger partial charge on any atom is 0.339 e. The van der Waals surface area contributed by atoms with Crippen molar-refractivity contribution in [2.45, 2.75) is 50.3 Å². The first-order valence-corrected chi connectivity index (χ1v) is 12.5. The lowest BCUT2D eigenvalue weighted by Crippen LogP contribution is -2.45. The normalized spacial score (nSPS) is 15.7. The van der Waals surface area contributed by atoms with Crippen LogP contribution in [0.25, 0.3) is 0 Å². The van der Waals surface area contributed by atoms with Gasteiger partial charge in [-0.05, 0) is 68.7 Å². The number of ether oxygens (including phenoxy) is 3. The molecule has 1 N–H and O–H groups in total. The molecule has 0 bridgehead atoms. The number of amides is 2. The minimum atomic E-state index is -4.12. The van der Waals surface area contributed by atoms with Gasteiger partial charge in [-0.2, -0.15) is 8.42 Å². The van der Waals surface area contributed by atoms with Gasteiger partial charge in [0.1, 0.15) is 10.6 Å². The van der Waals surface area contributed by atoms with E-state index >= 15 is 0 Å². The quantitative estimate of drug-likeness (QED) is 0.506. The molecule has 9 nitrogen and oxygen atoms in total. The predicted octanol–water partition coefficient (Wildman–Crippen LogP) is 3.57. The summed E-state index contributed by atoms with van der Waals surface area (Å²) in [5.74, 6) is 0.833. The smallest absolute Gasteiger partial charge is 0.339 e.